The molecule has 9 heteroatoms. The highest BCUT2D eigenvalue weighted by Gasteiger charge is 2.34. The van der Waals surface area contributed by atoms with E-state index in [1.165, 1.54) is 29.5 Å². The van der Waals surface area contributed by atoms with Crippen molar-refractivity contribution >= 4 is 68.3 Å². The second-order valence-corrected chi connectivity index (χ2v) is 8.69. The molecule has 0 saturated carbocycles. The molecule has 2 aromatic carbocycles. The molecule has 0 saturated heterocycles. The highest BCUT2D eigenvalue weighted by Crippen LogP contribution is 2.35. The van der Waals surface area contributed by atoms with Crippen molar-refractivity contribution in [3.05, 3.63) is 79.6 Å². The van der Waals surface area contributed by atoms with Gasteiger partial charge in [0.25, 0.3) is 0 Å². The first kappa shape index (κ1) is 19.6. The van der Waals surface area contributed by atoms with Gasteiger partial charge in [0.05, 0.1) is 22.2 Å². The van der Waals surface area contributed by atoms with Crippen LogP contribution in [0.25, 0.3) is 32.8 Å². The molecule has 4 aromatic rings. The number of imidazole rings is 1. The Morgan fingerprint density at radius 2 is 1.65 bits per heavy atom. The van der Waals surface area contributed by atoms with Crippen molar-refractivity contribution < 1.29 is 9.59 Å². The predicted molar refractivity (Wildman–Crippen MR) is 121 cm³/mol. The Hall–Kier alpha value is -3.31. The van der Waals surface area contributed by atoms with Gasteiger partial charge in [-0.05, 0) is 18.2 Å². The number of benzene rings is 2. The van der Waals surface area contributed by atoms with Crippen molar-refractivity contribution in [2.75, 3.05) is 0 Å². The number of aromatic nitrogens is 3. The summed E-state index contributed by atoms with van der Waals surface area (Å²) in [4.78, 5) is 38.7. The van der Waals surface area contributed by atoms with Gasteiger partial charge in [0, 0.05) is 23.7 Å². The normalized spacial score (nSPS) is 13.0. The monoisotopic (exact) mass is 464 g/mol. The van der Waals surface area contributed by atoms with Crippen LogP contribution in [-0.4, -0.2) is 26.1 Å². The maximum Gasteiger partial charge on any atom is 0.197 e. The van der Waals surface area contributed by atoms with Crippen LogP contribution in [0.15, 0.2) is 42.0 Å². The van der Waals surface area contributed by atoms with Gasteiger partial charge in [-0.2, -0.15) is 0 Å². The topological polar surface area (TPSA) is 69.2 Å². The lowest BCUT2D eigenvalue weighted by atomic mass is 10.1. The van der Waals surface area contributed by atoms with E-state index in [9.17, 15) is 9.59 Å². The first-order chi connectivity index (χ1) is 14.9. The van der Waals surface area contributed by atoms with Crippen LogP contribution in [0.5, 0.6) is 0 Å². The van der Waals surface area contributed by atoms with Gasteiger partial charge in [0.1, 0.15) is 10.8 Å². The smallest absolute Gasteiger partial charge is 0.197 e. The van der Waals surface area contributed by atoms with Crippen molar-refractivity contribution in [1.82, 2.24) is 14.5 Å². The van der Waals surface area contributed by atoms with Gasteiger partial charge in [-0.3, -0.25) is 9.59 Å². The number of thiazole rings is 1. The molecule has 0 bridgehead atoms. The summed E-state index contributed by atoms with van der Waals surface area (Å²) >= 11 is 13.3. The van der Waals surface area contributed by atoms with E-state index < -0.39 is 11.6 Å². The number of carbonyl (C=O) groups excluding carboxylic acids is 2. The van der Waals surface area contributed by atoms with E-state index in [0.29, 0.717) is 27.0 Å². The van der Waals surface area contributed by atoms with Crippen LogP contribution in [0, 0.1) is 6.57 Å². The van der Waals surface area contributed by atoms with Gasteiger partial charge in [-0.1, -0.05) is 58.8 Å². The molecule has 0 unspecified atom stereocenters. The van der Waals surface area contributed by atoms with E-state index in [1.807, 2.05) is 23.7 Å². The molecule has 6 nitrogen and oxygen atoms in total. The maximum atomic E-state index is 12.7. The molecule has 2 aromatic heterocycles. The summed E-state index contributed by atoms with van der Waals surface area (Å²) in [6, 6.07) is 10.00. The van der Waals surface area contributed by atoms with Crippen LogP contribution in [0.4, 0.5) is 5.69 Å². The van der Waals surface area contributed by atoms with Gasteiger partial charge in [-0.25, -0.2) is 14.8 Å². The molecule has 0 radical (unpaired) electrons. The Bertz CT molecular complexity index is 1460. The zero-order valence-electron chi connectivity index (χ0n) is 15.8. The number of halogens is 2. The minimum atomic E-state index is -0.397. The number of hydrogen-bond acceptors (Lipinski definition) is 5. The first-order valence-electron chi connectivity index (χ1n) is 8.98. The van der Waals surface area contributed by atoms with Crippen LogP contribution in [0.1, 0.15) is 25.7 Å². The summed E-state index contributed by atoms with van der Waals surface area (Å²) in [7, 11) is 1.84. The average molecular weight is 465 g/mol. The van der Waals surface area contributed by atoms with Gasteiger partial charge >= 0.3 is 0 Å². The number of aryl methyl sites for hydroxylation is 1. The van der Waals surface area contributed by atoms with Crippen LogP contribution < -0.4 is 0 Å². The average Bonchev–Trinajstić information content (AvgIpc) is 3.37. The van der Waals surface area contributed by atoms with Crippen molar-refractivity contribution in [2.45, 2.75) is 0 Å². The molecule has 150 valence electrons. The molecule has 0 atom stereocenters. The van der Waals surface area contributed by atoms with Gasteiger partial charge in [0.15, 0.2) is 27.7 Å². The minimum absolute atomic E-state index is 0.0299. The molecule has 1 aliphatic carbocycles. The number of fused-ring (bicyclic) bond motifs is 2. The van der Waals surface area contributed by atoms with Crippen LogP contribution >= 0.6 is 34.5 Å². The maximum absolute atomic E-state index is 12.7. The van der Waals surface area contributed by atoms with Gasteiger partial charge in [0.2, 0.25) is 0 Å². The fourth-order valence-corrected chi connectivity index (χ4v) is 4.70. The predicted octanol–water partition coefficient (Wildman–Crippen LogP) is 6.02. The third-order valence-corrected chi connectivity index (χ3v) is 6.62. The van der Waals surface area contributed by atoms with E-state index in [1.54, 1.807) is 12.1 Å². The summed E-state index contributed by atoms with van der Waals surface area (Å²) in [6.45, 7) is 7.06. The summed E-state index contributed by atoms with van der Waals surface area (Å²) in [5.74, 6) is -0.0769. The Kier molecular flexibility index (Phi) is 4.52. The molecule has 0 aliphatic heterocycles. The van der Waals surface area contributed by atoms with Crippen molar-refractivity contribution in [2.24, 2.45) is 7.05 Å². The third-order valence-electron chi connectivity index (χ3n) is 5.01. The zero-order valence-corrected chi connectivity index (χ0v) is 18.1. The number of allylic oxidation sites excluding steroid dienone is 1. The summed E-state index contributed by atoms with van der Waals surface area (Å²) in [6.07, 6.45) is 1.49. The van der Waals surface area contributed by atoms with Crippen molar-refractivity contribution in [3.63, 3.8) is 0 Å². The molecular weight excluding hydrogens is 455 g/mol. The molecule has 31 heavy (non-hydrogen) atoms. The highest BCUT2D eigenvalue weighted by molar-refractivity contribution is 7.19. The molecular formula is C22H10Cl2N4O2S. The lowest BCUT2D eigenvalue weighted by Crippen LogP contribution is -2.00. The van der Waals surface area contributed by atoms with Crippen molar-refractivity contribution in [1.29, 1.82) is 0 Å². The second kappa shape index (κ2) is 7.13. The van der Waals surface area contributed by atoms with E-state index in [-0.39, 0.29) is 26.7 Å². The fourth-order valence-electron chi connectivity index (χ4n) is 3.46. The van der Waals surface area contributed by atoms with Gasteiger partial charge in [-0.15, -0.1) is 0 Å². The lowest BCUT2D eigenvalue weighted by Gasteiger charge is -2.01. The SMILES string of the molecule is [C-]#[N+]c1ccc(-c2nc3sc(C=C4C(=O)c5cc(Cl)c(Cl)cc5C4=O)nc3n2C)cc1. The van der Waals surface area contributed by atoms with Crippen LogP contribution in [0.2, 0.25) is 10.0 Å². The molecule has 2 heterocycles. The second-order valence-electron chi connectivity index (χ2n) is 6.86. The summed E-state index contributed by atoms with van der Waals surface area (Å²) in [5.41, 5.74) is 2.58. The van der Waals surface area contributed by atoms with Crippen LogP contribution in [0.3, 0.4) is 0 Å². The standard InChI is InChI=1S/C22H10Cl2N4O2S/c1-25-11-5-3-10(4-6-11)20-27-22-21(28(20)2)26-17(31-22)9-14-18(29)12-7-15(23)16(24)8-13(12)19(14)30/h3-9H,2H3. The summed E-state index contributed by atoms with van der Waals surface area (Å²) < 4.78 is 1.84. The van der Waals surface area contributed by atoms with Gasteiger partial charge < -0.3 is 4.57 Å². The molecule has 0 N–H and O–H groups in total. The molecule has 0 fully saturated rings. The van der Waals surface area contributed by atoms with E-state index in [0.717, 1.165) is 5.56 Å². The molecule has 5 rings (SSSR count). The van der Waals surface area contributed by atoms with E-state index in [2.05, 4.69) is 14.8 Å². The van der Waals surface area contributed by atoms with E-state index in [4.69, 9.17) is 29.8 Å². The number of nitrogens with zero attached hydrogens (tertiary/aromatic N) is 4. The molecule has 0 spiro atoms. The number of rotatable bonds is 2. The minimum Gasteiger partial charge on any atom is -0.311 e. The zero-order chi connectivity index (χ0) is 21.9. The van der Waals surface area contributed by atoms with Crippen molar-refractivity contribution in [3.8, 4) is 11.4 Å². The number of Topliss-reactive ketones (excluding diaryl/α,β-unsaturated/α-hetero) is 2. The Labute approximate surface area is 190 Å². The van der Waals surface area contributed by atoms with E-state index >= 15 is 0 Å². The summed E-state index contributed by atoms with van der Waals surface area (Å²) in [5, 5.41) is 0.956. The quantitative estimate of drug-likeness (QED) is 0.206. The largest absolute Gasteiger partial charge is 0.311 e. The van der Waals surface area contributed by atoms with Crippen LogP contribution in [-0.2, 0) is 7.05 Å². The molecule has 0 amide bonds. The number of hydrogen-bond donors (Lipinski definition) is 0. The first-order valence-corrected chi connectivity index (χ1v) is 10.6. The highest BCUT2D eigenvalue weighted by atomic mass is 35.5. The lowest BCUT2D eigenvalue weighted by molar-refractivity contribution is 0.0990. The Morgan fingerprint density at radius 1 is 1.03 bits per heavy atom. The number of ketones is 2. The Morgan fingerprint density at radius 3 is 2.19 bits per heavy atom. The Balaban J connectivity index is 1.53. The number of carbonyl (C=O) groups is 2. The third kappa shape index (κ3) is 3.08. The fraction of sp³-hybridized carbons (Fsp3) is 0.0455. The molecule has 1 aliphatic rings.